The van der Waals surface area contributed by atoms with Crippen LogP contribution in [0.1, 0.15) is 22.7 Å². The number of aromatic nitrogens is 1. The zero-order valence-corrected chi connectivity index (χ0v) is 9.27. The van der Waals surface area contributed by atoms with Gasteiger partial charge in [0.2, 0.25) is 0 Å². The van der Waals surface area contributed by atoms with Gasteiger partial charge in [0.15, 0.2) is 0 Å². The average Bonchev–Trinajstić information content (AvgIpc) is 2.77. The minimum Gasteiger partial charge on any atom is -0.377 e. The van der Waals surface area contributed by atoms with E-state index in [1.54, 1.807) is 11.3 Å². The second kappa shape index (κ2) is 4.87. The second-order valence-electron chi connectivity index (χ2n) is 3.61. The van der Waals surface area contributed by atoms with Crippen LogP contribution in [0.5, 0.6) is 0 Å². The van der Waals surface area contributed by atoms with Crippen LogP contribution in [0.3, 0.4) is 0 Å². The molecule has 1 atom stereocenters. The van der Waals surface area contributed by atoms with Crippen molar-refractivity contribution in [1.82, 2.24) is 10.3 Å². The van der Waals surface area contributed by atoms with Crippen molar-refractivity contribution < 1.29 is 4.74 Å². The Kier molecular flexibility index (Phi) is 3.50. The average molecular weight is 212 g/mol. The highest BCUT2D eigenvalue weighted by Gasteiger charge is 2.14. The predicted octanol–water partition coefficient (Wildman–Crippen LogP) is 1.72. The van der Waals surface area contributed by atoms with Crippen LogP contribution in [0.15, 0.2) is 6.20 Å². The van der Waals surface area contributed by atoms with Gasteiger partial charge in [-0.1, -0.05) is 0 Å². The number of nitrogens with zero attached hydrogens (tertiary/aromatic N) is 1. The molecule has 78 valence electrons. The largest absolute Gasteiger partial charge is 0.377 e. The smallest absolute Gasteiger partial charge is 0.0897 e. The van der Waals surface area contributed by atoms with Gasteiger partial charge in [0.25, 0.3) is 0 Å². The molecule has 1 aromatic rings. The Morgan fingerprint density at radius 1 is 1.71 bits per heavy atom. The third-order valence-electron chi connectivity index (χ3n) is 2.36. The maximum atomic E-state index is 5.52. The first-order valence-corrected chi connectivity index (χ1v) is 5.90. The van der Waals surface area contributed by atoms with Gasteiger partial charge in [-0.05, 0) is 19.8 Å². The summed E-state index contributed by atoms with van der Waals surface area (Å²) >= 11 is 1.76. The molecule has 1 N–H and O–H groups in total. The predicted molar refractivity (Wildman–Crippen MR) is 57.5 cm³/mol. The normalized spacial score (nSPS) is 21.6. The Labute approximate surface area is 88.5 Å². The van der Waals surface area contributed by atoms with E-state index in [0.717, 1.165) is 24.7 Å². The maximum Gasteiger partial charge on any atom is 0.0897 e. The minimum absolute atomic E-state index is 0.434. The van der Waals surface area contributed by atoms with Gasteiger partial charge in [0.1, 0.15) is 0 Å². The number of rotatable bonds is 4. The van der Waals surface area contributed by atoms with E-state index in [-0.39, 0.29) is 0 Å². The van der Waals surface area contributed by atoms with Crippen molar-refractivity contribution in [3.05, 3.63) is 16.1 Å². The Morgan fingerprint density at radius 3 is 3.29 bits per heavy atom. The van der Waals surface area contributed by atoms with E-state index in [1.165, 1.54) is 17.7 Å². The van der Waals surface area contributed by atoms with E-state index in [2.05, 4.69) is 10.3 Å². The third-order valence-corrected chi connectivity index (χ3v) is 3.28. The first-order valence-electron chi connectivity index (χ1n) is 5.08. The molecule has 2 heterocycles. The van der Waals surface area contributed by atoms with Crippen LogP contribution < -0.4 is 5.32 Å². The van der Waals surface area contributed by atoms with Crippen LogP contribution in [-0.2, 0) is 11.3 Å². The van der Waals surface area contributed by atoms with Gasteiger partial charge in [-0.3, -0.25) is 0 Å². The van der Waals surface area contributed by atoms with E-state index >= 15 is 0 Å². The lowest BCUT2D eigenvalue weighted by atomic mass is 10.2. The monoisotopic (exact) mass is 212 g/mol. The summed E-state index contributed by atoms with van der Waals surface area (Å²) in [6.07, 6.45) is 4.80. The van der Waals surface area contributed by atoms with Gasteiger partial charge in [-0.15, -0.1) is 11.3 Å². The Balaban J connectivity index is 1.67. The van der Waals surface area contributed by atoms with Crippen molar-refractivity contribution in [2.24, 2.45) is 0 Å². The summed E-state index contributed by atoms with van der Waals surface area (Å²) in [4.78, 5) is 5.52. The van der Waals surface area contributed by atoms with E-state index in [9.17, 15) is 0 Å². The number of aryl methyl sites for hydroxylation is 1. The van der Waals surface area contributed by atoms with Gasteiger partial charge in [-0.25, -0.2) is 4.98 Å². The van der Waals surface area contributed by atoms with E-state index in [0.29, 0.717) is 6.10 Å². The molecule has 0 saturated carbocycles. The zero-order valence-electron chi connectivity index (χ0n) is 8.45. The fourth-order valence-electron chi connectivity index (χ4n) is 1.65. The molecule has 1 fully saturated rings. The molecule has 14 heavy (non-hydrogen) atoms. The molecule has 1 aliphatic rings. The fourth-order valence-corrected chi connectivity index (χ4v) is 2.41. The minimum atomic E-state index is 0.434. The van der Waals surface area contributed by atoms with Crippen molar-refractivity contribution in [1.29, 1.82) is 0 Å². The second-order valence-corrected chi connectivity index (χ2v) is 4.93. The molecular formula is C10H16N2OS. The molecule has 4 heteroatoms. The number of hydrogen-bond acceptors (Lipinski definition) is 4. The summed E-state index contributed by atoms with van der Waals surface area (Å²) in [6.45, 7) is 4.86. The van der Waals surface area contributed by atoms with Crippen molar-refractivity contribution in [2.45, 2.75) is 32.4 Å². The van der Waals surface area contributed by atoms with E-state index in [1.807, 2.05) is 13.1 Å². The summed E-state index contributed by atoms with van der Waals surface area (Å²) in [5, 5.41) is 4.54. The molecule has 3 nitrogen and oxygen atoms in total. The standard InChI is InChI=1S/C10H16N2OS/c1-8-12-7-10(14-8)6-11-5-9-3-2-4-13-9/h7,9,11H,2-6H2,1H3. The Morgan fingerprint density at radius 2 is 2.64 bits per heavy atom. The van der Waals surface area contributed by atoms with Crippen molar-refractivity contribution in [3.8, 4) is 0 Å². The maximum absolute atomic E-state index is 5.52. The van der Waals surface area contributed by atoms with Gasteiger partial charge in [0, 0.05) is 30.8 Å². The summed E-state index contributed by atoms with van der Waals surface area (Å²) in [7, 11) is 0. The Hall–Kier alpha value is -0.450. The third kappa shape index (κ3) is 2.77. The van der Waals surface area contributed by atoms with Gasteiger partial charge >= 0.3 is 0 Å². The molecule has 0 aromatic carbocycles. The summed E-state index contributed by atoms with van der Waals surface area (Å²) < 4.78 is 5.52. The topological polar surface area (TPSA) is 34.2 Å². The quantitative estimate of drug-likeness (QED) is 0.825. The number of nitrogens with one attached hydrogen (secondary N) is 1. The number of thiazole rings is 1. The van der Waals surface area contributed by atoms with Crippen molar-refractivity contribution >= 4 is 11.3 Å². The molecule has 0 spiro atoms. The summed E-state index contributed by atoms with van der Waals surface area (Å²) in [5.41, 5.74) is 0. The molecule has 0 amide bonds. The van der Waals surface area contributed by atoms with Crippen molar-refractivity contribution in [2.75, 3.05) is 13.2 Å². The van der Waals surface area contributed by atoms with Gasteiger partial charge in [0.05, 0.1) is 11.1 Å². The van der Waals surface area contributed by atoms with Crippen LogP contribution in [0.25, 0.3) is 0 Å². The SMILES string of the molecule is Cc1ncc(CNCC2CCCO2)s1. The van der Waals surface area contributed by atoms with E-state index in [4.69, 9.17) is 4.74 Å². The first-order chi connectivity index (χ1) is 6.84. The van der Waals surface area contributed by atoms with Crippen LogP contribution in [0.2, 0.25) is 0 Å². The van der Waals surface area contributed by atoms with Crippen molar-refractivity contribution in [3.63, 3.8) is 0 Å². The fraction of sp³-hybridized carbons (Fsp3) is 0.700. The van der Waals surface area contributed by atoms with Gasteiger partial charge < -0.3 is 10.1 Å². The van der Waals surface area contributed by atoms with Crippen LogP contribution in [-0.4, -0.2) is 24.2 Å². The molecule has 0 radical (unpaired) electrons. The molecule has 1 aliphatic heterocycles. The highest BCUT2D eigenvalue weighted by Crippen LogP contribution is 2.13. The molecule has 1 unspecified atom stereocenters. The van der Waals surface area contributed by atoms with Gasteiger partial charge in [-0.2, -0.15) is 0 Å². The highest BCUT2D eigenvalue weighted by molar-refractivity contribution is 7.11. The lowest BCUT2D eigenvalue weighted by molar-refractivity contribution is 0.110. The Bertz CT molecular complexity index is 281. The van der Waals surface area contributed by atoms with E-state index < -0.39 is 0 Å². The lowest BCUT2D eigenvalue weighted by Gasteiger charge is -2.09. The molecule has 2 rings (SSSR count). The first kappa shape index (κ1) is 10.1. The van der Waals surface area contributed by atoms with Crippen LogP contribution in [0, 0.1) is 6.92 Å². The molecule has 1 saturated heterocycles. The van der Waals surface area contributed by atoms with Crippen LogP contribution >= 0.6 is 11.3 Å². The molecule has 0 bridgehead atoms. The number of hydrogen-bond donors (Lipinski definition) is 1. The number of ether oxygens (including phenoxy) is 1. The lowest BCUT2D eigenvalue weighted by Crippen LogP contribution is -2.25. The summed E-state index contributed by atoms with van der Waals surface area (Å²) in [5.74, 6) is 0. The molecule has 1 aromatic heterocycles. The van der Waals surface area contributed by atoms with Crippen LogP contribution in [0.4, 0.5) is 0 Å². The summed E-state index contributed by atoms with van der Waals surface area (Å²) in [6, 6.07) is 0. The zero-order chi connectivity index (χ0) is 9.80. The highest BCUT2D eigenvalue weighted by atomic mass is 32.1. The molecule has 0 aliphatic carbocycles. The molecular weight excluding hydrogens is 196 g/mol.